The normalized spacial score (nSPS) is 13.2. The molecule has 0 radical (unpaired) electrons. The maximum atomic E-state index is 12.8. The third kappa shape index (κ3) is 3.61. The van der Waals surface area contributed by atoms with Crippen LogP contribution in [0.4, 0.5) is 11.4 Å². The van der Waals surface area contributed by atoms with Crippen LogP contribution in [0.2, 0.25) is 0 Å². The molecule has 6 nitrogen and oxygen atoms in total. The summed E-state index contributed by atoms with van der Waals surface area (Å²) in [5, 5.41) is 3.01. The molecule has 1 aliphatic heterocycles. The number of hydrogen-bond acceptors (Lipinski definition) is 4. The quantitative estimate of drug-likeness (QED) is 0.531. The maximum absolute atomic E-state index is 12.8. The van der Waals surface area contributed by atoms with Gasteiger partial charge in [0.25, 0.3) is 5.91 Å². The number of carbonyl (C=O) groups excluding carboxylic acids is 1. The third-order valence-electron chi connectivity index (χ3n) is 5.74. The van der Waals surface area contributed by atoms with Crippen LogP contribution in [0.3, 0.4) is 0 Å². The molecule has 31 heavy (non-hydrogen) atoms. The van der Waals surface area contributed by atoms with Gasteiger partial charge >= 0.3 is 0 Å². The Morgan fingerprint density at radius 3 is 2.74 bits per heavy atom. The molecule has 6 heteroatoms. The Bertz CT molecular complexity index is 1280. The molecule has 0 unspecified atom stereocenters. The van der Waals surface area contributed by atoms with Gasteiger partial charge in [-0.3, -0.25) is 4.79 Å². The lowest BCUT2D eigenvalue weighted by molar-refractivity contribution is 0.102. The highest BCUT2D eigenvalue weighted by atomic mass is 16.5. The van der Waals surface area contributed by atoms with E-state index in [0.717, 1.165) is 35.7 Å². The van der Waals surface area contributed by atoms with Crippen molar-refractivity contribution >= 4 is 28.3 Å². The Morgan fingerprint density at radius 2 is 1.90 bits per heavy atom. The average molecular weight is 412 g/mol. The van der Waals surface area contributed by atoms with Crippen molar-refractivity contribution < 1.29 is 9.53 Å². The minimum Gasteiger partial charge on any atom is -0.495 e. The van der Waals surface area contributed by atoms with Crippen LogP contribution >= 0.6 is 0 Å². The van der Waals surface area contributed by atoms with Gasteiger partial charge in [0, 0.05) is 24.3 Å². The van der Waals surface area contributed by atoms with Crippen LogP contribution in [-0.2, 0) is 13.1 Å². The lowest BCUT2D eigenvalue weighted by atomic mass is 10.1. The topological polar surface area (TPSA) is 59.4 Å². The summed E-state index contributed by atoms with van der Waals surface area (Å²) in [7, 11) is 1.61. The van der Waals surface area contributed by atoms with E-state index in [9.17, 15) is 4.79 Å². The SMILES string of the molecule is COc1ccc(N2CCn3c(nc4ccccc43)C2)cc1NC(=O)c1cccc(C)c1. The molecule has 1 aromatic heterocycles. The largest absolute Gasteiger partial charge is 0.495 e. The second-order valence-electron chi connectivity index (χ2n) is 7.80. The Morgan fingerprint density at radius 1 is 1.03 bits per heavy atom. The standard InChI is InChI=1S/C25H24N4O2/c1-17-6-5-7-18(14-17)25(30)27-21-15-19(10-11-23(21)31-2)28-12-13-29-22-9-4-3-8-20(22)26-24(29)16-28/h3-11,14-15H,12-13,16H2,1-2H3,(H,27,30). The number of nitrogens with one attached hydrogen (secondary N) is 1. The molecule has 1 amide bonds. The van der Waals surface area contributed by atoms with E-state index in [1.165, 1.54) is 5.52 Å². The number of para-hydroxylation sites is 2. The van der Waals surface area contributed by atoms with Gasteiger partial charge in [-0.1, -0.05) is 29.8 Å². The van der Waals surface area contributed by atoms with Crippen molar-refractivity contribution in [3.05, 3.63) is 83.7 Å². The van der Waals surface area contributed by atoms with E-state index in [4.69, 9.17) is 9.72 Å². The smallest absolute Gasteiger partial charge is 0.255 e. The van der Waals surface area contributed by atoms with E-state index in [1.54, 1.807) is 7.11 Å². The highest BCUT2D eigenvalue weighted by Gasteiger charge is 2.21. The lowest BCUT2D eigenvalue weighted by Gasteiger charge is -2.30. The molecule has 1 N–H and O–H groups in total. The van der Waals surface area contributed by atoms with Gasteiger partial charge < -0.3 is 19.5 Å². The fourth-order valence-corrected chi connectivity index (χ4v) is 4.16. The first-order valence-corrected chi connectivity index (χ1v) is 10.4. The molecule has 0 fully saturated rings. The minimum absolute atomic E-state index is 0.153. The van der Waals surface area contributed by atoms with Gasteiger partial charge in [0.15, 0.2) is 0 Å². The summed E-state index contributed by atoms with van der Waals surface area (Å²) in [5.41, 5.74) is 5.56. The molecular formula is C25H24N4O2. The number of imidazole rings is 1. The average Bonchev–Trinajstić information content (AvgIpc) is 3.17. The van der Waals surface area contributed by atoms with Crippen molar-refractivity contribution in [1.29, 1.82) is 0 Å². The number of fused-ring (bicyclic) bond motifs is 3. The zero-order chi connectivity index (χ0) is 21.4. The molecule has 0 bridgehead atoms. The molecule has 0 atom stereocenters. The zero-order valence-corrected chi connectivity index (χ0v) is 17.6. The number of methoxy groups -OCH3 is 1. The van der Waals surface area contributed by atoms with Gasteiger partial charge in [-0.25, -0.2) is 4.98 Å². The molecule has 0 saturated carbocycles. The molecule has 3 aromatic carbocycles. The number of benzene rings is 3. The third-order valence-corrected chi connectivity index (χ3v) is 5.74. The summed E-state index contributed by atoms with van der Waals surface area (Å²) in [6.07, 6.45) is 0. The molecule has 0 saturated heterocycles. The van der Waals surface area contributed by atoms with Gasteiger partial charge in [0.2, 0.25) is 0 Å². The highest BCUT2D eigenvalue weighted by Crippen LogP contribution is 2.32. The number of rotatable bonds is 4. The number of aryl methyl sites for hydroxylation is 1. The molecule has 156 valence electrons. The van der Waals surface area contributed by atoms with Crippen molar-refractivity contribution in [2.45, 2.75) is 20.0 Å². The number of anilines is 2. The van der Waals surface area contributed by atoms with E-state index in [2.05, 4.69) is 33.0 Å². The van der Waals surface area contributed by atoms with Crippen LogP contribution in [0.25, 0.3) is 11.0 Å². The van der Waals surface area contributed by atoms with Crippen molar-refractivity contribution in [1.82, 2.24) is 9.55 Å². The van der Waals surface area contributed by atoms with Gasteiger partial charge in [0.05, 0.1) is 30.4 Å². The summed E-state index contributed by atoms with van der Waals surface area (Å²) in [6, 6.07) is 21.7. The molecule has 2 heterocycles. The van der Waals surface area contributed by atoms with Crippen LogP contribution < -0.4 is 15.0 Å². The Hall–Kier alpha value is -3.80. The first-order chi connectivity index (χ1) is 15.1. The fourth-order valence-electron chi connectivity index (χ4n) is 4.16. The summed E-state index contributed by atoms with van der Waals surface area (Å²) < 4.78 is 7.78. The Labute approximate surface area is 181 Å². The summed E-state index contributed by atoms with van der Waals surface area (Å²) in [6.45, 7) is 4.42. The second kappa shape index (κ2) is 7.80. The van der Waals surface area contributed by atoms with E-state index in [0.29, 0.717) is 23.5 Å². The predicted molar refractivity (Wildman–Crippen MR) is 123 cm³/mol. The van der Waals surface area contributed by atoms with E-state index in [1.807, 2.05) is 55.5 Å². The Balaban J connectivity index is 1.42. The van der Waals surface area contributed by atoms with Crippen LogP contribution in [-0.4, -0.2) is 29.1 Å². The van der Waals surface area contributed by atoms with Gasteiger partial charge in [0.1, 0.15) is 11.6 Å². The minimum atomic E-state index is -0.153. The van der Waals surface area contributed by atoms with Crippen LogP contribution in [0.15, 0.2) is 66.7 Å². The van der Waals surface area contributed by atoms with E-state index < -0.39 is 0 Å². The predicted octanol–water partition coefficient (Wildman–Crippen LogP) is 4.63. The monoisotopic (exact) mass is 412 g/mol. The van der Waals surface area contributed by atoms with Crippen LogP contribution in [0, 0.1) is 6.92 Å². The van der Waals surface area contributed by atoms with Crippen LogP contribution in [0.5, 0.6) is 5.75 Å². The highest BCUT2D eigenvalue weighted by molar-refractivity contribution is 6.05. The Kier molecular flexibility index (Phi) is 4.82. The summed E-state index contributed by atoms with van der Waals surface area (Å²) in [5.74, 6) is 1.53. The van der Waals surface area contributed by atoms with Crippen molar-refractivity contribution in [3.8, 4) is 5.75 Å². The van der Waals surface area contributed by atoms with Crippen molar-refractivity contribution in [3.63, 3.8) is 0 Å². The van der Waals surface area contributed by atoms with Gasteiger partial charge in [-0.15, -0.1) is 0 Å². The lowest BCUT2D eigenvalue weighted by Crippen LogP contribution is -2.33. The molecule has 1 aliphatic rings. The number of nitrogens with zero attached hydrogens (tertiary/aromatic N) is 3. The van der Waals surface area contributed by atoms with Gasteiger partial charge in [-0.05, 0) is 49.4 Å². The first kappa shape index (κ1) is 19.2. The molecular weight excluding hydrogens is 388 g/mol. The zero-order valence-electron chi connectivity index (χ0n) is 17.6. The number of ether oxygens (including phenoxy) is 1. The van der Waals surface area contributed by atoms with Crippen LogP contribution in [0.1, 0.15) is 21.7 Å². The molecule has 0 spiro atoms. The maximum Gasteiger partial charge on any atom is 0.255 e. The van der Waals surface area contributed by atoms with E-state index >= 15 is 0 Å². The molecule has 0 aliphatic carbocycles. The number of carbonyl (C=O) groups is 1. The van der Waals surface area contributed by atoms with Crippen molar-refractivity contribution in [2.24, 2.45) is 0 Å². The number of aromatic nitrogens is 2. The van der Waals surface area contributed by atoms with E-state index in [-0.39, 0.29) is 5.91 Å². The number of hydrogen-bond donors (Lipinski definition) is 1. The summed E-state index contributed by atoms with van der Waals surface area (Å²) >= 11 is 0. The fraction of sp³-hybridized carbons (Fsp3) is 0.200. The molecule has 5 rings (SSSR count). The second-order valence-corrected chi connectivity index (χ2v) is 7.80. The first-order valence-electron chi connectivity index (χ1n) is 10.4. The van der Waals surface area contributed by atoms with Gasteiger partial charge in [-0.2, -0.15) is 0 Å². The molecule has 4 aromatic rings. The number of amides is 1. The van der Waals surface area contributed by atoms with Crippen molar-refractivity contribution in [2.75, 3.05) is 23.9 Å². The summed E-state index contributed by atoms with van der Waals surface area (Å²) in [4.78, 5) is 19.9.